The van der Waals surface area contributed by atoms with Crippen LogP contribution < -0.4 is 10.7 Å². The van der Waals surface area contributed by atoms with E-state index in [0.717, 1.165) is 18.5 Å². The maximum atomic E-state index is 6.09. The first-order valence-electron chi connectivity index (χ1n) is 5.35. The SMILES string of the molecule is CCCc1c(C)c(N)c(C)c(C)c1N[Si].Cl. The second kappa shape index (κ2) is 6.16. The lowest BCUT2D eigenvalue weighted by Gasteiger charge is -2.19. The minimum atomic E-state index is 0. The van der Waals surface area contributed by atoms with E-state index < -0.39 is 0 Å². The number of nitrogens with one attached hydrogen (secondary N) is 1. The number of rotatable bonds is 3. The van der Waals surface area contributed by atoms with E-state index >= 15 is 0 Å². The Balaban J connectivity index is 0.00000225. The second-order valence-electron chi connectivity index (χ2n) is 4.02. The van der Waals surface area contributed by atoms with Gasteiger partial charge in [0.2, 0.25) is 0 Å². The number of hydrogen-bond donors (Lipinski definition) is 2. The van der Waals surface area contributed by atoms with Gasteiger partial charge in [0.1, 0.15) is 0 Å². The van der Waals surface area contributed by atoms with Crippen LogP contribution in [0.15, 0.2) is 0 Å². The first-order valence-corrected chi connectivity index (χ1v) is 5.85. The van der Waals surface area contributed by atoms with Gasteiger partial charge in [-0.15, -0.1) is 12.4 Å². The fourth-order valence-electron chi connectivity index (χ4n) is 1.98. The van der Waals surface area contributed by atoms with E-state index in [1.165, 1.54) is 27.9 Å². The maximum absolute atomic E-state index is 6.09. The van der Waals surface area contributed by atoms with Gasteiger partial charge in [0.15, 0.2) is 10.4 Å². The molecular formula is C12H20ClN2Si. The van der Waals surface area contributed by atoms with Crippen molar-refractivity contribution in [1.82, 2.24) is 0 Å². The van der Waals surface area contributed by atoms with Crippen LogP contribution in [0.5, 0.6) is 0 Å². The van der Waals surface area contributed by atoms with E-state index in [1.807, 2.05) is 0 Å². The summed E-state index contributed by atoms with van der Waals surface area (Å²) in [7, 11) is 3.38. The average molecular weight is 256 g/mol. The van der Waals surface area contributed by atoms with Gasteiger partial charge in [-0.25, -0.2) is 0 Å². The number of nitrogens with two attached hydrogens (primary N) is 1. The van der Waals surface area contributed by atoms with E-state index in [0.29, 0.717) is 0 Å². The van der Waals surface area contributed by atoms with Crippen LogP contribution in [0, 0.1) is 20.8 Å². The van der Waals surface area contributed by atoms with Crippen LogP contribution in [-0.2, 0) is 6.42 Å². The summed E-state index contributed by atoms with van der Waals surface area (Å²) < 4.78 is 0. The highest BCUT2D eigenvalue weighted by Gasteiger charge is 2.13. The molecule has 0 saturated carbocycles. The fraction of sp³-hybridized carbons (Fsp3) is 0.500. The molecule has 0 saturated heterocycles. The van der Waals surface area contributed by atoms with Gasteiger partial charge < -0.3 is 10.7 Å². The zero-order valence-electron chi connectivity index (χ0n) is 10.4. The highest BCUT2D eigenvalue weighted by Crippen LogP contribution is 2.33. The molecule has 2 nitrogen and oxygen atoms in total. The molecule has 1 aromatic carbocycles. The van der Waals surface area contributed by atoms with Crippen molar-refractivity contribution in [1.29, 1.82) is 0 Å². The summed E-state index contributed by atoms with van der Waals surface area (Å²) in [5.41, 5.74) is 13.1. The van der Waals surface area contributed by atoms with E-state index in [4.69, 9.17) is 5.73 Å². The van der Waals surface area contributed by atoms with E-state index in [9.17, 15) is 0 Å². The summed E-state index contributed by atoms with van der Waals surface area (Å²) in [5.74, 6) is 0. The molecule has 0 aliphatic rings. The summed E-state index contributed by atoms with van der Waals surface area (Å²) >= 11 is 0. The van der Waals surface area contributed by atoms with Crippen molar-refractivity contribution in [2.75, 3.05) is 10.7 Å². The molecule has 0 aliphatic carbocycles. The lowest BCUT2D eigenvalue weighted by Crippen LogP contribution is -2.07. The first kappa shape index (κ1) is 15.3. The summed E-state index contributed by atoms with van der Waals surface area (Å²) in [6.07, 6.45) is 2.19. The monoisotopic (exact) mass is 255 g/mol. The van der Waals surface area contributed by atoms with Crippen LogP contribution in [0.2, 0.25) is 0 Å². The average Bonchev–Trinajstić information content (AvgIpc) is 2.24. The molecule has 89 valence electrons. The number of nitrogen functional groups attached to an aromatic ring is 1. The van der Waals surface area contributed by atoms with Crippen molar-refractivity contribution in [3.8, 4) is 0 Å². The van der Waals surface area contributed by atoms with Crippen LogP contribution in [0.25, 0.3) is 0 Å². The van der Waals surface area contributed by atoms with Gasteiger partial charge in [0.05, 0.1) is 0 Å². The smallest absolute Gasteiger partial charge is 0.186 e. The van der Waals surface area contributed by atoms with Crippen LogP contribution in [0.4, 0.5) is 11.4 Å². The second-order valence-corrected chi connectivity index (χ2v) is 4.27. The Morgan fingerprint density at radius 3 is 2.12 bits per heavy atom. The van der Waals surface area contributed by atoms with E-state index in [1.54, 1.807) is 0 Å². The van der Waals surface area contributed by atoms with Crippen molar-refractivity contribution in [3.05, 3.63) is 22.3 Å². The van der Waals surface area contributed by atoms with Gasteiger partial charge in [-0.3, -0.25) is 0 Å². The van der Waals surface area contributed by atoms with Crippen molar-refractivity contribution in [2.24, 2.45) is 0 Å². The van der Waals surface area contributed by atoms with Crippen molar-refractivity contribution in [3.63, 3.8) is 0 Å². The largest absolute Gasteiger partial charge is 0.412 e. The molecule has 0 amide bonds. The standard InChI is InChI=1S/C12H19N2Si.ClH/c1-5-6-10-9(4)11(13)7(2)8(3)12(10)14-15;/h14H,5-6,13H2,1-4H3;1H. The molecule has 0 bridgehead atoms. The van der Waals surface area contributed by atoms with E-state index in [2.05, 4.69) is 43.1 Å². The Morgan fingerprint density at radius 2 is 1.69 bits per heavy atom. The molecule has 1 aromatic rings. The molecule has 0 spiro atoms. The van der Waals surface area contributed by atoms with Crippen LogP contribution in [-0.4, -0.2) is 10.4 Å². The molecule has 0 heterocycles. The van der Waals surface area contributed by atoms with Crippen molar-refractivity contribution >= 4 is 34.2 Å². The molecule has 0 aromatic heterocycles. The number of benzene rings is 1. The molecule has 1 rings (SSSR count). The molecule has 0 aliphatic heterocycles. The molecule has 3 radical (unpaired) electrons. The molecule has 0 unspecified atom stereocenters. The quantitative estimate of drug-likeness (QED) is 0.644. The summed E-state index contributed by atoms with van der Waals surface area (Å²) in [6, 6.07) is 0. The lowest BCUT2D eigenvalue weighted by molar-refractivity contribution is 0.913. The van der Waals surface area contributed by atoms with E-state index in [-0.39, 0.29) is 12.4 Å². The maximum Gasteiger partial charge on any atom is 0.186 e. The minimum Gasteiger partial charge on any atom is -0.412 e. The van der Waals surface area contributed by atoms with Gasteiger partial charge in [-0.1, -0.05) is 13.3 Å². The van der Waals surface area contributed by atoms with Crippen LogP contribution in [0.3, 0.4) is 0 Å². The first-order chi connectivity index (χ1) is 7.04. The third-order valence-electron chi connectivity index (χ3n) is 3.12. The van der Waals surface area contributed by atoms with Gasteiger partial charge in [-0.05, 0) is 49.4 Å². The molecule has 0 fully saturated rings. The van der Waals surface area contributed by atoms with Gasteiger partial charge in [-0.2, -0.15) is 0 Å². The molecule has 0 atom stereocenters. The number of halogens is 1. The van der Waals surface area contributed by atoms with Crippen LogP contribution in [0.1, 0.15) is 35.6 Å². The molecule has 3 N–H and O–H groups in total. The summed E-state index contributed by atoms with van der Waals surface area (Å²) in [4.78, 5) is 3.11. The van der Waals surface area contributed by atoms with Crippen molar-refractivity contribution < 1.29 is 0 Å². The van der Waals surface area contributed by atoms with Crippen LogP contribution >= 0.6 is 12.4 Å². The minimum absolute atomic E-state index is 0. The summed E-state index contributed by atoms with van der Waals surface area (Å²) in [6.45, 7) is 8.45. The highest BCUT2D eigenvalue weighted by atomic mass is 35.5. The predicted molar refractivity (Wildman–Crippen MR) is 75.7 cm³/mol. The Kier molecular flexibility index (Phi) is 5.90. The predicted octanol–water partition coefficient (Wildman–Crippen LogP) is 3.06. The Bertz CT molecular complexity index is 378. The van der Waals surface area contributed by atoms with Gasteiger partial charge in [0, 0.05) is 11.4 Å². The Morgan fingerprint density at radius 1 is 1.12 bits per heavy atom. The number of hydrogen-bond acceptors (Lipinski definition) is 2. The molecule has 16 heavy (non-hydrogen) atoms. The Labute approximate surface area is 108 Å². The highest BCUT2D eigenvalue weighted by molar-refractivity contribution is 6.16. The third kappa shape index (κ3) is 2.52. The Hall–Kier alpha value is -0.673. The third-order valence-corrected chi connectivity index (χ3v) is 3.37. The van der Waals surface area contributed by atoms with Gasteiger partial charge >= 0.3 is 0 Å². The van der Waals surface area contributed by atoms with Crippen molar-refractivity contribution in [2.45, 2.75) is 40.5 Å². The topological polar surface area (TPSA) is 38.0 Å². The zero-order chi connectivity index (χ0) is 11.6. The normalized spacial score (nSPS) is 9.81. The zero-order valence-corrected chi connectivity index (χ0v) is 12.2. The lowest BCUT2D eigenvalue weighted by atomic mass is 9.93. The molecule has 4 heteroatoms. The molecular weight excluding hydrogens is 236 g/mol. The fourth-order valence-corrected chi connectivity index (χ4v) is 2.32. The van der Waals surface area contributed by atoms with Gasteiger partial charge in [0.25, 0.3) is 0 Å². The number of anilines is 2. The summed E-state index contributed by atoms with van der Waals surface area (Å²) in [5, 5.41) is 0.